The quantitative estimate of drug-likeness (QED) is 0.553. The molecule has 0 bridgehead atoms. The van der Waals surface area contributed by atoms with E-state index in [1.165, 1.54) is 30.8 Å². The highest BCUT2D eigenvalue weighted by Crippen LogP contribution is 2.22. The second-order valence-corrected chi connectivity index (χ2v) is 9.48. The maximum atomic E-state index is 12.8. The summed E-state index contributed by atoms with van der Waals surface area (Å²) < 4.78 is 25.7. The summed E-state index contributed by atoms with van der Waals surface area (Å²) in [6.07, 6.45) is 1.02. The van der Waals surface area contributed by atoms with Crippen LogP contribution in [-0.4, -0.2) is 70.7 Å². The third-order valence-corrected chi connectivity index (χ3v) is 5.68. The molecule has 2 aromatic carbocycles. The van der Waals surface area contributed by atoms with Gasteiger partial charge in [0.05, 0.1) is 17.5 Å². The van der Waals surface area contributed by atoms with Crippen molar-refractivity contribution in [1.82, 2.24) is 10.2 Å². The lowest BCUT2D eigenvalue weighted by Crippen LogP contribution is -2.48. The molecule has 2 aromatic rings. The lowest BCUT2D eigenvalue weighted by atomic mass is 10.1. The molecule has 172 valence electrons. The summed E-state index contributed by atoms with van der Waals surface area (Å²) in [6.45, 7) is 6.09. The minimum Gasteiger partial charge on any atom is -0.369 e. The zero-order valence-electron chi connectivity index (χ0n) is 18.3. The summed E-state index contributed by atoms with van der Waals surface area (Å²) in [6, 6.07) is 14.7. The van der Waals surface area contributed by atoms with Crippen molar-refractivity contribution in [3.63, 3.8) is 0 Å². The number of carbonyl (C=O) groups is 2. The van der Waals surface area contributed by atoms with Crippen molar-refractivity contribution in [2.45, 2.75) is 6.92 Å². The molecule has 3 N–H and O–H groups in total. The fraction of sp³-hybridized carbons (Fsp3) is 0.364. The van der Waals surface area contributed by atoms with Crippen LogP contribution in [0.2, 0.25) is 0 Å². The van der Waals surface area contributed by atoms with Crippen LogP contribution in [-0.2, 0) is 14.8 Å². The van der Waals surface area contributed by atoms with Gasteiger partial charge in [-0.3, -0.25) is 19.2 Å². The van der Waals surface area contributed by atoms with Gasteiger partial charge in [0, 0.05) is 57.6 Å². The number of para-hydroxylation sites is 1. The van der Waals surface area contributed by atoms with Crippen molar-refractivity contribution < 1.29 is 18.0 Å². The average Bonchev–Trinajstić information content (AvgIpc) is 2.74. The van der Waals surface area contributed by atoms with Crippen molar-refractivity contribution in [2.75, 3.05) is 60.5 Å². The van der Waals surface area contributed by atoms with Gasteiger partial charge in [0.1, 0.15) is 0 Å². The van der Waals surface area contributed by atoms with Gasteiger partial charge in [-0.1, -0.05) is 18.2 Å². The SMILES string of the molecule is CC(=O)Nc1ccc(NS(C)(=O)=O)c(C(=O)NCCN2CCN(c3ccccc3)CC2)c1. The van der Waals surface area contributed by atoms with Gasteiger partial charge >= 0.3 is 0 Å². The van der Waals surface area contributed by atoms with E-state index in [-0.39, 0.29) is 17.2 Å². The van der Waals surface area contributed by atoms with Crippen LogP contribution in [0.3, 0.4) is 0 Å². The maximum Gasteiger partial charge on any atom is 0.253 e. The first kappa shape index (κ1) is 23.6. The number of anilines is 3. The molecule has 0 radical (unpaired) electrons. The number of nitrogens with one attached hydrogen (secondary N) is 3. The zero-order valence-corrected chi connectivity index (χ0v) is 19.1. The van der Waals surface area contributed by atoms with Gasteiger partial charge in [-0.2, -0.15) is 0 Å². The lowest BCUT2D eigenvalue weighted by Gasteiger charge is -2.36. The molecule has 1 fully saturated rings. The van der Waals surface area contributed by atoms with Crippen LogP contribution >= 0.6 is 0 Å². The van der Waals surface area contributed by atoms with Crippen LogP contribution in [0.4, 0.5) is 17.1 Å². The van der Waals surface area contributed by atoms with E-state index in [0.29, 0.717) is 18.8 Å². The highest BCUT2D eigenvalue weighted by molar-refractivity contribution is 7.92. The van der Waals surface area contributed by atoms with E-state index in [2.05, 4.69) is 37.3 Å². The molecule has 10 heteroatoms. The number of hydrogen-bond donors (Lipinski definition) is 3. The third kappa shape index (κ3) is 6.96. The fourth-order valence-electron chi connectivity index (χ4n) is 3.59. The van der Waals surface area contributed by atoms with E-state index < -0.39 is 15.9 Å². The molecule has 1 aliphatic heterocycles. The third-order valence-electron chi connectivity index (χ3n) is 5.09. The topological polar surface area (TPSA) is 111 Å². The normalized spacial score (nSPS) is 14.6. The first-order valence-corrected chi connectivity index (χ1v) is 12.3. The lowest BCUT2D eigenvalue weighted by molar-refractivity contribution is -0.114. The Morgan fingerprint density at radius 1 is 1.00 bits per heavy atom. The number of benzene rings is 2. The number of amides is 2. The van der Waals surface area contributed by atoms with Crippen molar-refractivity contribution in [1.29, 1.82) is 0 Å². The summed E-state index contributed by atoms with van der Waals surface area (Å²) >= 11 is 0. The number of rotatable bonds is 8. The number of sulfonamides is 1. The molecule has 0 atom stereocenters. The zero-order chi connectivity index (χ0) is 23.1. The molecule has 0 spiro atoms. The molecule has 3 rings (SSSR count). The van der Waals surface area contributed by atoms with Crippen LogP contribution in [0.1, 0.15) is 17.3 Å². The fourth-order valence-corrected chi connectivity index (χ4v) is 4.17. The Labute approximate surface area is 188 Å². The van der Waals surface area contributed by atoms with Crippen LogP contribution in [0.15, 0.2) is 48.5 Å². The van der Waals surface area contributed by atoms with E-state index in [1.807, 2.05) is 18.2 Å². The highest BCUT2D eigenvalue weighted by atomic mass is 32.2. The van der Waals surface area contributed by atoms with Crippen LogP contribution in [0, 0.1) is 0 Å². The molecule has 0 saturated carbocycles. The number of nitrogens with zero attached hydrogens (tertiary/aromatic N) is 2. The van der Waals surface area contributed by atoms with Crippen molar-refractivity contribution in [3.8, 4) is 0 Å². The minimum atomic E-state index is -3.57. The molecule has 2 amide bonds. The number of carbonyl (C=O) groups excluding carboxylic acids is 2. The van der Waals surface area contributed by atoms with E-state index in [9.17, 15) is 18.0 Å². The Kier molecular flexibility index (Phi) is 7.70. The van der Waals surface area contributed by atoms with Crippen LogP contribution in [0.5, 0.6) is 0 Å². The van der Waals surface area contributed by atoms with Gasteiger partial charge in [0.25, 0.3) is 5.91 Å². The summed E-state index contributed by atoms with van der Waals surface area (Å²) in [5.41, 5.74) is 1.94. The molecule has 1 saturated heterocycles. The molecule has 1 aliphatic rings. The van der Waals surface area contributed by atoms with Crippen molar-refractivity contribution in [2.24, 2.45) is 0 Å². The Balaban J connectivity index is 1.56. The number of hydrogen-bond acceptors (Lipinski definition) is 6. The minimum absolute atomic E-state index is 0.149. The molecule has 1 heterocycles. The van der Waals surface area contributed by atoms with Crippen molar-refractivity contribution in [3.05, 3.63) is 54.1 Å². The van der Waals surface area contributed by atoms with Gasteiger partial charge in [0.15, 0.2) is 0 Å². The van der Waals surface area contributed by atoms with E-state index in [0.717, 1.165) is 32.4 Å². The Morgan fingerprint density at radius 2 is 1.69 bits per heavy atom. The smallest absolute Gasteiger partial charge is 0.253 e. The van der Waals surface area contributed by atoms with Crippen LogP contribution in [0.25, 0.3) is 0 Å². The first-order chi connectivity index (χ1) is 15.2. The van der Waals surface area contributed by atoms with Crippen molar-refractivity contribution >= 4 is 38.9 Å². The monoisotopic (exact) mass is 459 g/mol. The van der Waals surface area contributed by atoms with E-state index in [4.69, 9.17) is 0 Å². The predicted octanol–water partition coefficient (Wildman–Crippen LogP) is 1.57. The summed E-state index contributed by atoms with van der Waals surface area (Å²) in [5.74, 6) is -0.693. The predicted molar refractivity (Wildman–Crippen MR) is 127 cm³/mol. The molecule has 0 aliphatic carbocycles. The molecule has 32 heavy (non-hydrogen) atoms. The summed E-state index contributed by atoms with van der Waals surface area (Å²) in [7, 11) is -3.57. The maximum absolute atomic E-state index is 12.8. The van der Waals surface area contributed by atoms with Gasteiger partial charge in [-0.25, -0.2) is 8.42 Å². The van der Waals surface area contributed by atoms with Gasteiger partial charge in [0.2, 0.25) is 15.9 Å². The second-order valence-electron chi connectivity index (χ2n) is 7.74. The Morgan fingerprint density at radius 3 is 2.31 bits per heavy atom. The van der Waals surface area contributed by atoms with Gasteiger partial charge in [-0.15, -0.1) is 0 Å². The summed E-state index contributed by atoms with van der Waals surface area (Å²) in [4.78, 5) is 28.7. The molecule has 9 nitrogen and oxygen atoms in total. The van der Waals surface area contributed by atoms with E-state index >= 15 is 0 Å². The number of piperazine rings is 1. The first-order valence-electron chi connectivity index (χ1n) is 10.4. The molecule has 0 unspecified atom stereocenters. The average molecular weight is 460 g/mol. The highest BCUT2D eigenvalue weighted by Gasteiger charge is 2.18. The van der Waals surface area contributed by atoms with Gasteiger partial charge in [-0.05, 0) is 30.3 Å². The van der Waals surface area contributed by atoms with Gasteiger partial charge < -0.3 is 15.5 Å². The molecular formula is C22H29N5O4S. The molecule has 0 aromatic heterocycles. The standard InChI is InChI=1S/C22H29N5O4S/c1-17(28)24-18-8-9-21(25-32(2,30)31)20(16-18)22(29)23-10-11-26-12-14-27(15-13-26)19-6-4-3-5-7-19/h3-9,16,25H,10-15H2,1-2H3,(H,23,29)(H,24,28). The Hall–Kier alpha value is -3.11. The largest absolute Gasteiger partial charge is 0.369 e. The van der Waals surface area contributed by atoms with E-state index in [1.54, 1.807) is 0 Å². The Bertz CT molecular complexity index is 1050. The summed E-state index contributed by atoms with van der Waals surface area (Å²) in [5, 5.41) is 5.46. The molecular weight excluding hydrogens is 430 g/mol. The second kappa shape index (κ2) is 10.5. The van der Waals surface area contributed by atoms with Crippen LogP contribution < -0.4 is 20.3 Å².